The van der Waals surface area contributed by atoms with Gasteiger partial charge in [-0.2, -0.15) is 5.10 Å². The second-order valence-electron chi connectivity index (χ2n) is 4.44. The maximum atomic E-state index is 11.8. The van der Waals surface area contributed by atoms with Gasteiger partial charge >= 0.3 is 0 Å². The molecule has 1 N–H and O–H groups in total. The van der Waals surface area contributed by atoms with E-state index in [0.717, 1.165) is 5.71 Å². The van der Waals surface area contributed by atoms with Crippen molar-refractivity contribution in [1.82, 2.24) is 5.43 Å². The smallest absolute Gasteiger partial charge is 0.271 e. The number of nitrogens with zero attached hydrogens (tertiary/aromatic N) is 1. The van der Waals surface area contributed by atoms with Crippen LogP contribution in [0.1, 0.15) is 38.1 Å². The predicted octanol–water partition coefficient (Wildman–Crippen LogP) is 3.91. The van der Waals surface area contributed by atoms with Gasteiger partial charge in [-0.3, -0.25) is 4.79 Å². The fourth-order valence-electron chi connectivity index (χ4n) is 1.27. The van der Waals surface area contributed by atoms with Crippen molar-refractivity contribution in [2.45, 2.75) is 33.8 Å². The maximum absolute atomic E-state index is 11.8. The van der Waals surface area contributed by atoms with Crippen molar-refractivity contribution in [3.63, 3.8) is 0 Å². The van der Waals surface area contributed by atoms with Crippen LogP contribution in [0.4, 0.5) is 0 Å². The van der Waals surface area contributed by atoms with Crippen molar-refractivity contribution < 1.29 is 9.53 Å². The Bertz CT molecular complexity index is 486. The molecule has 0 atom stereocenters. The zero-order valence-electron chi connectivity index (χ0n) is 11.3. The molecule has 0 aliphatic rings. The van der Waals surface area contributed by atoms with Gasteiger partial charge in [0.2, 0.25) is 0 Å². The number of halogens is 2. The van der Waals surface area contributed by atoms with Crippen LogP contribution in [-0.2, 0) is 0 Å². The average molecular weight is 303 g/mol. The summed E-state index contributed by atoms with van der Waals surface area (Å²) < 4.78 is 5.49. The third-order valence-corrected chi connectivity index (χ3v) is 2.56. The topological polar surface area (TPSA) is 50.7 Å². The van der Waals surface area contributed by atoms with Crippen LogP contribution in [0.5, 0.6) is 5.75 Å². The highest BCUT2D eigenvalue weighted by Gasteiger charge is 2.14. The number of nitrogens with one attached hydrogen (secondary N) is 1. The van der Waals surface area contributed by atoms with Crippen molar-refractivity contribution in [1.29, 1.82) is 0 Å². The van der Waals surface area contributed by atoms with Gasteiger partial charge in [0.15, 0.2) is 5.75 Å². The first-order chi connectivity index (χ1) is 8.81. The summed E-state index contributed by atoms with van der Waals surface area (Å²) in [5, 5.41) is 4.42. The Hall–Kier alpha value is -1.26. The van der Waals surface area contributed by atoms with Crippen LogP contribution in [0.15, 0.2) is 17.2 Å². The lowest BCUT2D eigenvalue weighted by atomic mass is 10.2. The van der Waals surface area contributed by atoms with Gasteiger partial charge in [0.25, 0.3) is 5.91 Å². The molecular weight excluding hydrogens is 287 g/mol. The Kier molecular flexibility index (Phi) is 5.63. The molecule has 0 aliphatic carbocycles. The van der Waals surface area contributed by atoms with E-state index in [9.17, 15) is 4.79 Å². The molecule has 0 spiro atoms. The molecule has 0 fully saturated rings. The highest BCUT2D eigenvalue weighted by Crippen LogP contribution is 2.34. The summed E-state index contributed by atoms with van der Waals surface area (Å²) in [6, 6.07) is 3.00. The fraction of sp³-hybridized carbons (Fsp3) is 0.385. The molecule has 19 heavy (non-hydrogen) atoms. The molecule has 0 saturated carbocycles. The zero-order chi connectivity index (χ0) is 14.6. The van der Waals surface area contributed by atoms with Crippen molar-refractivity contribution in [2.75, 3.05) is 0 Å². The second kappa shape index (κ2) is 6.78. The number of ether oxygens (including phenoxy) is 1. The minimum absolute atomic E-state index is 0.0537. The van der Waals surface area contributed by atoms with E-state index in [-0.39, 0.29) is 12.0 Å². The molecule has 4 nitrogen and oxygen atoms in total. The van der Waals surface area contributed by atoms with E-state index in [2.05, 4.69) is 10.5 Å². The summed E-state index contributed by atoms with van der Waals surface area (Å²) in [5.74, 6) is 0.00570. The number of hydrogen-bond donors (Lipinski definition) is 1. The molecule has 0 saturated heterocycles. The first kappa shape index (κ1) is 15.8. The molecule has 104 valence electrons. The third kappa shape index (κ3) is 4.73. The molecule has 1 aromatic rings. The lowest BCUT2D eigenvalue weighted by Crippen LogP contribution is -2.18. The minimum atomic E-state index is -0.374. The first-order valence-corrected chi connectivity index (χ1v) is 6.53. The molecule has 0 unspecified atom stereocenters. The zero-order valence-corrected chi connectivity index (χ0v) is 12.8. The number of rotatable bonds is 4. The minimum Gasteiger partial charge on any atom is -0.488 e. The fourth-order valence-corrected chi connectivity index (χ4v) is 1.84. The standard InChI is InChI=1S/C13H16Cl2N2O2/c1-7(2)16-17-13(18)9-5-10(14)12(11(15)6-9)19-8(3)4/h5-6,8H,1-4H3,(H,17,18). The Labute approximate surface area is 122 Å². The largest absolute Gasteiger partial charge is 0.488 e. The van der Waals surface area contributed by atoms with Gasteiger partial charge in [0.1, 0.15) is 0 Å². The van der Waals surface area contributed by atoms with Crippen LogP contribution >= 0.6 is 23.2 Å². The van der Waals surface area contributed by atoms with Crippen molar-refractivity contribution in [3.8, 4) is 5.75 Å². The van der Waals surface area contributed by atoms with E-state index >= 15 is 0 Å². The molecule has 1 amide bonds. The summed E-state index contributed by atoms with van der Waals surface area (Å²) >= 11 is 12.1. The third-order valence-electron chi connectivity index (χ3n) is 2.00. The number of amides is 1. The quantitative estimate of drug-likeness (QED) is 0.677. The number of hydrazone groups is 1. The van der Waals surface area contributed by atoms with E-state index in [1.807, 2.05) is 13.8 Å². The maximum Gasteiger partial charge on any atom is 0.271 e. The van der Waals surface area contributed by atoms with Crippen LogP contribution in [0, 0.1) is 0 Å². The van der Waals surface area contributed by atoms with E-state index in [0.29, 0.717) is 21.4 Å². The van der Waals surface area contributed by atoms with Gasteiger partial charge in [-0.15, -0.1) is 0 Å². The molecule has 0 radical (unpaired) electrons. The van der Waals surface area contributed by atoms with E-state index in [1.54, 1.807) is 13.8 Å². The Morgan fingerprint density at radius 3 is 2.21 bits per heavy atom. The second-order valence-corrected chi connectivity index (χ2v) is 5.25. The molecule has 1 aromatic carbocycles. The monoisotopic (exact) mass is 302 g/mol. The van der Waals surface area contributed by atoms with Crippen molar-refractivity contribution in [3.05, 3.63) is 27.7 Å². The molecular formula is C13H16Cl2N2O2. The lowest BCUT2D eigenvalue weighted by molar-refractivity contribution is 0.0954. The lowest BCUT2D eigenvalue weighted by Gasteiger charge is -2.14. The molecule has 0 heterocycles. The van der Waals surface area contributed by atoms with E-state index in [1.165, 1.54) is 12.1 Å². The first-order valence-electron chi connectivity index (χ1n) is 5.78. The number of carbonyl (C=O) groups is 1. The summed E-state index contributed by atoms with van der Waals surface area (Å²) in [4.78, 5) is 11.8. The van der Waals surface area contributed by atoms with Crippen molar-refractivity contribution in [2.24, 2.45) is 5.10 Å². The van der Waals surface area contributed by atoms with Crippen LogP contribution in [0.2, 0.25) is 10.0 Å². The van der Waals surface area contributed by atoms with Crippen LogP contribution in [0.3, 0.4) is 0 Å². The summed E-state index contributed by atoms with van der Waals surface area (Å²) in [6.07, 6.45) is -0.0537. The van der Waals surface area contributed by atoms with Crippen molar-refractivity contribution >= 4 is 34.8 Å². The summed E-state index contributed by atoms with van der Waals surface area (Å²) in [7, 11) is 0. The van der Waals surface area contributed by atoms with Gasteiger partial charge in [-0.25, -0.2) is 5.43 Å². The normalized spacial score (nSPS) is 10.3. The SMILES string of the molecule is CC(C)=NNC(=O)c1cc(Cl)c(OC(C)C)c(Cl)c1. The Morgan fingerprint density at radius 1 is 1.26 bits per heavy atom. The van der Waals surface area contributed by atoms with Gasteiger partial charge in [-0.1, -0.05) is 23.2 Å². The van der Waals surface area contributed by atoms with Crippen LogP contribution in [-0.4, -0.2) is 17.7 Å². The summed E-state index contributed by atoms with van der Waals surface area (Å²) in [6.45, 7) is 7.29. The number of hydrogen-bond acceptors (Lipinski definition) is 3. The molecule has 6 heteroatoms. The Morgan fingerprint density at radius 2 is 1.79 bits per heavy atom. The average Bonchev–Trinajstić information content (AvgIpc) is 2.30. The van der Waals surface area contributed by atoms with Gasteiger partial charge in [0.05, 0.1) is 16.1 Å². The molecule has 0 bridgehead atoms. The predicted molar refractivity (Wildman–Crippen MR) is 78.5 cm³/mol. The van der Waals surface area contributed by atoms with Gasteiger partial charge in [-0.05, 0) is 39.8 Å². The highest BCUT2D eigenvalue weighted by atomic mass is 35.5. The van der Waals surface area contributed by atoms with Gasteiger partial charge < -0.3 is 4.74 Å². The molecule has 0 aromatic heterocycles. The van der Waals surface area contributed by atoms with E-state index < -0.39 is 0 Å². The Balaban J connectivity index is 3.00. The highest BCUT2D eigenvalue weighted by molar-refractivity contribution is 6.37. The molecule has 1 rings (SSSR count). The van der Waals surface area contributed by atoms with Gasteiger partial charge in [0, 0.05) is 11.3 Å². The number of carbonyl (C=O) groups excluding carboxylic acids is 1. The number of benzene rings is 1. The van der Waals surface area contributed by atoms with Crippen LogP contribution in [0.25, 0.3) is 0 Å². The van der Waals surface area contributed by atoms with Crippen LogP contribution < -0.4 is 10.2 Å². The van der Waals surface area contributed by atoms with E-state index in [4.69, 9.17) is 27.9 Å². The summed E-state index contributed by atoms with van der Waals surface area (Å²) in [5.41, 5.74) is 3.47. The molecule has 0 aliphatic heterocycles.